The standard InChI is InChI=1S/C11H11FN2O3/c1-3-14-10(15)6-4-9(17-2)7(12)5-8(6)13-11(14)16/h4-5H,3H2,1-2H3,(H,13,16). The SMILES string of the molecule is CCn1c(=O)[nH]c2cc(F)c(OC)cc2c1=O. The van der Waals surface area contributed by atoms with Crippen LogP contribution in [0.5, 0.6) is 5.75 Å². The number of nitrogens with zero attached hydrogens (tertiary/aromatic N) is 1. The van der Waals surface area contributed by atoms with Gasteiger partial charge in [0, 0.05) is 12.6 Å². The molecule has 0 aliphatic rings. The van der Waals surface area contributed by atoms with Gasteiger partial charge < -0.3 is 9.72 Å². The van der Waals surface area contributed by atoms with Crippen molar-refractivity contribution in [3.05, 3.63) is 38.8 Å². The first-order valence-electron chi connectivity index (χ1n) is 5.08. The van der Waals surface area contributed by atoms with Gasteiger partial charge in [0.25, 0.3) is 5.56 Å². The van der Waals surface area contributed by atoms with Crippen molar-refractivity contribution in [1.29, 1.82) is 0 Å². The molecule has 0 amide bonds. The minimum atomic E-state index is -0.621. The Morgan fingerprint density at radius 1 is 1.41 bits per heavy atom. The average Bonchev–Trinajstić information content (AvgIpc) is 2.29. The highest BCUT2D eigenvalue weighted by molar-refractivity contribution is 5.79. The molecule has 2 rings (SSSR count). The number of benzene rings is 1. The van der Waals surface area contributed by atoms with Crippen LogP contribution in [0.15, 0.2) is 21.7 Å². The normalized spacial score (nSPS) is 10.8. The highest BCUT2D eigenvalue weighted by Crippen LogP contribution is 2.20. The van der Waals surface area contributed by atoms with E-state index in [1.807, 2.05) is 0 Å². The Morgan fingerprint density at radius 2 is 2.12 bits per heavy atom. The molecular weight excluding hydrogens is 227 g/mol. The lowest BCUT2D eigenvalue weighted by atomic mass is 10.2. The third kappa shape index (κ3) is 1.71. The van der Waals surface area contributed by atoms with Crippen molar-refractivity contribution in [3.8, 4) is 5.75 Å². The van der Waals surface area contributed by atoms with Crippen LogP contribution in [0.4, 0.5) is 4.39 Å². The van der Waals surface area contributed by atoms with Gasteiger partial charge in [-0.25, -0.2) is 9.18 Å². The van der Waals surface area contributed by atoms with Crippen molar-refractivity contribution in [1.82, 2.24) is 9.55 Å². The molecule has 0 aliphatic carbocycles. The summed E-state index contributed by atoms with van der Waals surface area (Å²) in [4.78, 5) is 25.9. The van der Waals surface area contributed by atoms with Gasteiger partial charge in [-0.15, -0.1) is 0 Å². The summed E-state index contributed by atoms with van der Waals surface area (Å²) in [5.74, 6) is -0.645. The van der Waals surface area contributed by atoms with Crippen LogP contribution in [-0.4, -0.2) is 16.7 Å². The van der Waals surface area contributed by atoms with Gasteiger partial charge in [0.05, 0.1) is 18.0 Å². The number of aromatic amines is 1. The molecule has 90 valence electrons. The lowest BCUT2D eigenvalue weighted by molar-refractivity contribution is 0.387. The molecule has 0 saturated carbocycles. The van der Waals surface area contributed by atoms with Crippen molar-refractivity contribution in [3.63, 3.8) is 0 Å². The third-order valence-electron chi connectivity index (χ3n) is 2.57. The molecular formula is C11H11FN2O3. The second-order valence-electron chi connectivity index (χ2n) is 3.51. The summed E-state index contributed by atoms with van der Waals surface area (Å²) in [5, 5.41) is 0.227. The van der Waals surface area contributed by atoms with E-state index in [0.717, 1.165) is 10.6 Å². The zero-order valence-corrected chi connectivity index (χ0v) is 9.41. The van der Waals surface area contributed by atoms with Crippen molar-refractivity contribution < 1.29 is 9.13 Å². The highest BCUT2D eigenvalue weighted by atomic mass is 19.1. The van der Waals surface area contributed by atoms with Gasteiger partial charge in [0.15, 0.2) is 11.6 Å². The topological polar surface area (TPSA) is 64.1 Å². The number of rotatable bonds is 2. The Morgan fingerprint density at radius 3 is 2.71 bits per heavy atom. The number of hydrogen-bond acceptors (Lipinski definition) is 3. The first kappa shape index (κ1) is 11.4. The number of nitrogens with one attached hydrogen (secondary N) is 1. The molecule has 1 aromatic heterocycles. The molecule has 6 heteroatoms. The van der Waals surface area contributed by atoms with Gasteiger partial charge in [0.2, 0.25) is 0 Å². The van der Waals surface area contributed by atoms with Gasteiger partial charge in [-0.3, -0.25) is 9.36 Å². The van der Waals surface area contributed by atoms with Gasteiger partial charge in [-0.1, -0.05) is 0 Å². The minimum absolute atomic E-state index is 0.0238. The predicted octanol–water partition coefficient (Wildman–Crippen LogP) is 0.857. The summed E-state index contributed by atoms with van der Waals surface area (Å²) in [6, 6.07) is 2.37. The zero-order valence-electron chi connectivity index (χ0n) is 9.41. The van der Waals surface area contributed by atoms with Gasteiger partial charge in [0.1, 0.15) is 0 Å². The first-order chi connectivity index (χ1) is 8.08. The molecule has 0 atom stereocenters. The van der Waals surface area contributed by atoms with E-state index in [0.29, 0.717) is 0 Å². The summed E-state index contributed by atoms with van der Waals surface area (Å²) in [6.45, 7) is 1.94. The molecule has 1 heterocycles. The molecule has 17 heavy (non-hydrogen) atoms. The molecule has 0 aliphatic heterocycles. The number of ether oxygens (including phenoxy) is 1. The van der Waals surface area contributed by atoms with Crippen LogP contribution in [0, 0.1) is 5.82 Å². The van der Waals surface area contributed by atoms with E-state index in [2.05, 4.69) is 4.98 Å². The van der Waals surface area contributed by atoms with Crippen molar-refractivity contribution in [2.24, 2.45) is 0 Å². The molecule has 2 aromatic rings. The maximum absolute atomic E-state index is 13.4. The third-order valence-corrected chi connectivity index (χ3v) is 2.57. The van der Waals surface area contributed by atoms with E-state index in [1.54, 1.807) is 6.92 Å². The summed E-state index contributed by atoms with van der Waals surface area (Å²) in [7, 11) is 1.31. The van der Waals surface area contributed by atoms with Gasteiger partial charge in [-0.2, -0.15) is 0 Å². The largest absolute Gasteiger partial charge is 0.494 e. The zero-order chi connectivity index (χ0) is 12.6. The van der Waals surface area contributed by atoms with Crippen LogP contribution in [0.25, 0.3) is 10.9 Å². The summed E-state index contributed by atoms with van der Waals surface area (Å²) in [5.41, 5.74) is -0.831. The number of methoxy groups -OCH3 is 1. The summed E-state index contributed by atoms with van der Waals surface area (Å²) in [6.07, 6.45) is 0. The number of H-pyrrole nitrogens is 1. The van der Waals surface area contributed by atoms with Crippen molar-refractivity contribution in [2.75, 3.05) is 7.11 Å². The fourth-order valence-electron chi connectivity index (χ4n) is 1.70. The highest BCUT2D eigenvalue weighted by Gasteiger charge is 2.11. The summed E-state index contributed by atoms with van der Waals surface area (Å²) < 4.78 is 19.2. The Kier molecular flexibility index (Phi) is 2.71. The van der Waals surface area contributed by atoms with E-state index < -0.39 is 17.1 Å². The fourth-order valence-corrected chi connectivity index (χ4v) is 1.70. The second kappa shape index (κ2) is 4.04. The second-order valence-corrected chi connectivity index (χ2v) is 3.51. The molecule has 0 bridgehead atoms. The van der Waals surface area contributed by atoms with Gasteiger partial charge >= 0.3 is 5.69 Å². The monoisotopic (exact) mass is 238 g/mol. The lowest BCUT2D eigenvalue weighted by Gasteiger charge is -2.06. The Balaban J connectivity index is 2.94. The Labute approximate surface area is 95.5 Å². The lowest BCUT2D eigenvalue weighted by Crippen LogP contribution is -2.34. The number of halogens is 1. The summed E-state index contributed by atoms with van der Waals surface area (Å²) >= 11 is 0. The van der Waals surface area contributed by atoms with Crippen LogP contribution in [0.3, 0.4) is 0 Å². The van der Waals surface area contributed by atoms with E-state index >= 15 is 0 Å². The average molecular weight is 238 g/mol. The minimum Gasteiger partial charge on any atom is -0.494 e. The van der Waals surface area contributed by atoms with Crippen molar-refractivity contribution in [2.45, 2.75) is 13.5 Å². The fraction of sp³-hybridized carbons (Fsp3) is 0.273. The molecule has 0 unspecified atom stereocenters. The van der Waals surface area contributed by atoms with Crippen LogP contribution >= 0.6 is 0 Å². The quantitative estimate of drug-likeness (QED) is 0.843. The number of aromatic nitrogens is 2. The molecule has 0 fully saturated rings. The van der Waals surface area contributed by atoms with Crippen LogP contribution < -0.4 is 16.0 Å². The maximum Gasteiger partial charge on any atom is 0.328 e. The van der Waals surface area contributed by atoms with Crippen LogP contribution in [-0.2, 0) is 6.54 Å². The predicted molar refractivity (Wildman–Crippen MR) is 61.0 cm³/mol. The number of fused-ring (bicyclic) bond motifs is 1. The maximum atomic E-state index is 13.4. The van der Waals surface area contributed by atoms with E-state index in [9.17, 15) is 14.0 Å². The van der Waals surface area contributed by atoms with E-state index in [1.165, 1.54) is 13.2 Å². The van der Waals surface area contributed by atoms with Crippen molar-refractivity contribution >= 4 is 10.9 Å². The first-order valence-corrected chi connectivity index (χ1v) is 5.08. The van der Waals surface area contributed by atoms with Crippen LogP contribution in [0.1, 0.15) is 6.92 Å². The van der Waals surface area contributed by atoms with Gasteiger partial charge in [-0.05, 0) is 13.0 Å². The van der Waals surface area contributed by atoms with Crippen LogP contribution in [0.2, 0.25) is 0 Å². The molecule has 0 radical (unpaired) electrons. The Bertz CT molecular complexity index is 687. The molecule has 1 N–H and O–H groups in total. The smallest absolute Gasteiger partial charge is 0.328 e. The van der Waals surface area contributed by atoms with E-state index in [4.69, 9.17) is 4.74 Å². The molecule has 1 aromatic carbocycles. The molecule has 0 spiro atoms. The number of hydrogen-bond donors (Lipinski definition) is 1. The molecule has 0 saturated heterocycles. The Hall–Kier alpha value is -2.11. The molecule has 5 nitrogen and oxygen atoms in total. The van der Waals surface area contributed by atoms with E-state index in [-0.39, 0.29) is 23.2 Å².